The van der Waals surface area contributed by atoms with E-state index in [2.05, 4.69) is 44.4 Å². The molecule has 1 fully saturated rings. The SMILES string of the molecule is Brc1c[nH]c2cccc(C3CCCCN3)c12. The summed E-state index contributed by atoms with van der Waals surface area (Å²) in [6, 6.07) is 7.03. The van der Waals surface area contributed by atoms with Crippen LogP contribution in [0.5, 0.6) is 0 Å². The van der Waals surface area contributed by atoms with Gasteiger partial charge in [0, 0.05) is 27.6 Å². The van der Waals surface area contributed by atoms with E-state index in [4.69, 9.17) is 0 Å². The van der Waals surface area contributed by atoms with E-state index in [1.54, 1.807) is 0 Å². The summed E-state index contributed by atoms with van der Waals surface area (Å²) in [4.78, 5) is 3.29. The highest BCUT2D eigenvalue weighted by Crippen LogP contribution is 2.33. The first kappa shape index (κ1) is 10.4. The van der Waals surface area contributed by atoms with Gasteiger partial charge in [0.25, 0.3) is 0 Å². The summed E-state index contributed by atoms with van der Waals surface area (Å²) >= 11 is 3.63. The van der Waals surface area contributed by atoms with Gasteiger partial charge in [-0.3, -0.25) is 0 Å². The molecule has 3 heteroatoms. The Labute approximate surface area is 104 Å². The monoisotopic (exact) mass is 278 g/mol. The van der Waals surface area contributed by atoms with Crippen LogP contribution in [0.1, 0.15) is 30.9 Å². The first-order valence-corrected chi connectivity index (χ1v) is 6.64. The molecule has 0 radical (unpaired) electrons. The topological polar surface area (TPSA) is 27.8 Å². The van der Waals surface area contributed by atoms with E-state index in [1.807, 2.05) is 6.20 Å². The largest absolute Gasteiger partial charge is 0.360 e. The van der Waals surface area contributed by atoms with Crippen LogP contribution in [-0.2, 0) is 0 Å². The lowest BCUT2D eigenvalue weighted by Gasteiger charge is -2.24. The van der Waals surface area contributed by atoms with Crippen molar-refractivity contribution in [2.75, 3.05) is 6.54 Å². The smallest absolute Gasteiger partial charge is 0.0469 e. The van der Waals surface area contributed by atoms with E-state index in [-0.39, 0.29) is 0 Å². The fourth-order valence-corrected chi connectivity index (χ4v) is 3.13. The summed E-state index contributed by atoms with van der Waals surface area (Å²) in [5, 5.41) is 4.94. The van der Waals surface area contributed by atoms with Gasteiger partial charge >= 0.3 is 0 Å². The van der Waals surface area contributed by atoms with E-state index in [1.165, 1.54) is 40.2 Å². The molecule has 2 N–H and O–H groups in total. The van der Waals surface area contributed by atoms with Crippen molar-refractivity contribution >= 4 is 26.8 Å². The van der Waals surface area contributed by atoms with Crippen LogP contribution in [0.3, 0.4) is 0 Å². The lowest BCUT2D eigenvalue weighted by atomic mass is 9.95. The van der Waals surface area contributed by atoms with E-state index < -0.39 is 0 Å². The van der Waals surface area contributed by atoms with Crippen molar-refractivity contribution in [3.63, 3.8) is 0 Å². The van der Waals surface area contributed by atoms with Gasteiger partial charge in [-0.15, -0.1) is 0 Å². The fraction of sp³-hybridized carbons (Fsp3) is 0.385. The number of benzene rings is 1. The second-order valence-corrected chi connectivity index (χ2v) is 5.26. The average Bonchev–Trinajstić information content (AvgIpc) is 2.73. The number of piperidine rings is 1. The van der Waals surface area contributed by atoms with Gasteiger partial charge in [0.2, 0.25) is 0 Å². The van der Waals surface area contributed by atoms with Gasteiger partial charge < -0.3 is 10.3 Å². The summed E-state index contributed by atoms with van der Waals surface area (Å²) in [5.74, 6) is 0. The minimum atomic E-state index is 0.518. The molecule has 1 unspecified atom stereocenters. The molecule has 2 aromatic rings. The molecule has 3 rings (SSSR count). The first-order valence-electron chi connectivity index (χ1n) is 5.85. The Balaban J connectivity index is 2.10. The predicted molar refractivity (Wildman–Crippen MR) is 70.6 cm³/mol. The summed E-state index contributed by atoms with van der Waals surface area (Å²) in [5.41, 5.74) is 2.64. The second kappa shape index (κ2) is 4.22. The zero-order chi connectivity index (χ0) is 11.0. The minimum Gasteiger partial charge on any atom is -0.360 e. The molecule has 1 aliphatic rings. The van der Waals surface area contributed by atoms with E-state index >= 15 is 0 Å². The van der Waals surface area contributed by atoms with Gasteiger partial charge in [0.15, 0.2) is 0 Å². The van der Waals surface area contributed by atoms with Crippen LogP contribution >= 0.6 is 15.9 Å². The third-order valence-electron chi connectivity index (χ3n) is 3.38. The highest BCUT2D eigenvalue weighted by molar-refractivity contribution is 9.10. The normalized spacial score (nSPS) is 21.4. The fourth-order valence-electron chi connectivity index (χ4n) is 2.58. The Hall–Kier alpha value is -0.800. The van der Waals surface area contributed by atoms with E-state index in [0.29, 0.717) is 6.04 Å². The molecule has 0 bridgehead atoms. The molecule has 0 amide bonds. The van der Waals surface area contributed by atoms with Crippen molar-refractivity contribution < 1.29 is 0 Å². The zero-order valence-electron chi connectivity index (χ0n) is 9.09. The van der Waals surface area contributed by atoms with Crippen LogP contribution in [0, 0.1) is 0 Å². The third-order valence-corrected chi connectivity index (χ3v) is 4.00. The van der Waals surface area contributed by atoms with E-state index in [0.717, 1.165) is 6.54 Å². The van der Waals surface area contributed by atoms with Gasteiger partial charge in [-0.2, -0.15) is 0 Å². The Morgan fingerprint density at radius 3 is 3.00 bits per heavy atom. The molecule has 2 nitrogen and oxygen atoms in total. The number of fused-ring (bicyclic) bond motifs is 1. The third kappa shape index (κ3) is 1.68. The van der Waals surface area contributed by atoms with Gasteiger partial charge in [-0.05, 0) is 46.9 Å². The molecule has 2 heterocycles. The Bertz CT molecular complexity index is 498. The molecule has 0 saturated carbocycles. The van der Waals surface area contributed by atoms with Gasteiger partial charge in [-0.1, -0.05) is 18.6 Å². The van der Waals surface area contributed by atoms with Gasteiger partial charge in [-0.25, -0.2) is 0 Å². The van der Waals surface area contributed by atoms with Crippen molar-refractivity contribution in [1.82, 2.24) is 10.3 Å². The zero-order valence-corrected chi connectivity index (χ0v) is 10.7. The van der Waals surface area contributed by atoms with Crippen LogP contribution in [0.4, 0.5) is 0 Å². The molecule has 1 aromatic carbocycles. The van der Waals surface area contributed by atoms with Crippen molar-refractivity contribution in [2.24, 2.45) is 0 Å². The number of rotatable bonds is 1. The molecule has 1 aliphatic heterocycles. The number of H-pyrrole nitrogens is 1. The molecule has 0 spiro atoms. The minimum absolute atomic E-state index is 0.518. The summed E-state index contributed by atoms with van der Waals surface area (Å²) in [7, 11) is 0. The first-order chi connectivity index (χ1) is 7.86. The van der Waals surface area contributed by atoms with Crippen LogP contribution in [0.2, 0.25) is 0 Å². The van der Waals surface area contributed by atoms with Crippen LogP contribution in [0.15, 0.2) is 28.9 Å². The highest BCUT2D eigenvalue weighted by atomic mass is 79.9. The van der Waals surface area contributed by atoms with Gasteiger partial charge in [0.05, 0.1) is 0 Å². The Morgan fingerprint density at radius 2 is 2.19 bits per heavy atom. The molecule has 1 atom stereocenters. The number of hydrogen-bond donors (Lipinski definition) is 2. The van der Waals surface area contributed by atoms with Crippen LogP contribution < -0.4 is 5.32 Å². The van der Waals surface area contributed by atoms with Crippen molar-refractivity contribution in [3.8, 4) is 0 Å². The number of halogens is 1. The number of aromatic nitrogens is 1. The van der Waals surface area contributed by atoms with Crippen LogP contribution in [-0.4, -0.2) is 11.5 Å². The summed E-state index contributed by atoms with van der Waals surface area (Å²) in [6.45, 7) is 1.14. The Morgan fingerprint density at radius 1 is 1.25 bits per heavy atom. The maximum atomic E-state index is 3.63. The van der Waals surface area contributed by atoms with Crippen molar-refractivity contribution in [3.05, 3.63) is 34.4 Å². The maximum Gasteiger partial charge on any atom is 0.0469 e. The molecule has 0 aliphatic carbocycles. The predicted octanol–water partition coefficient (Wildman–Crippen LogP) is 3.75. The van der Waals surface area contributed by atoms with Crippen molar-refractivity contribution in [2.45, 2.75) is 25.3 Å². The molecular weight excluding hydrogens is 264 g/mol. The average molecular weight is 279 g/mol. The Kier molecular flexibility index (Phi) is 2.74. The number of nitrogens with one attached hydrogen (secondary N) is 2. The lowest BCUT2D eigenvalue weighted by molar-refractivity contribution is 0.414. The van der Waals surface area contributed by atoms with Crippen LogP contribution in [0.25, 0.3) is 10.9 Å². The highest BCUT2D eigenvalue weighted by Gasteiger charge is 2.18. The quantitative estimate of drug-likeness (QED) is 0.817. The molecule has 1 aromatic heterocycles. The molecule has 84 valence electrons. The lowest BCUT2D eigenvalue weighted by Crippen LogP contribution is -2.26. The van der Waals surface area contributed by atoms with Gasteiger partial charge in [0.1, 0.15) is 0 Å². The van der Waals surface area contributed by atoms with E-state index in [9.17, 15) is 0 Å². The molecular formula is C13H15BrN2. The molecule has 16 heavy (non-hydrogen) atoms. The standard InChI is InChI=1S/C13H15BrN2/c14-10-8-16-12-6-3-4-9(13(10)12)11-5-1-2-7-15-11/h3-4,6,8,11,15-16H,1-2,5,7H2. The summed E-state index contributed by atoms with van der Waals surface area (Å²) < 4.78 is 1.17. The second-order valence-electron chi connectivity index (χ2n) is 4.41. The maximum absolute atomic E-state index is 3.63. The number of aromatic amines is 1. The van der Waals surface area contributed by atoms with Crippen molar-refractivity contribution in [1.29, 1.82) is 0 Å². The summed E-state index contributed by atoms with van der Waals surface area (Å²) in [6.07, 6.45) is 5.91. The molecule has 1 saturated heterocycles. The number of hydrogen-bond acceptors (Lipinski definition) is 1.